The van der Waals surface area contributed by atoms with E-state index in [1.54, 1.807) is 48.8 Å². The summed E-state index contributed by atoms with van der Waals surface area (Å²) in [4.78, 5) is 15.4. The number of para-hydroxylation sites is 1. The Morgan fingerprint density at radius 2 is 1.83 bits per heavy atom. The van der Waals surface area contributed by atoms with Crippen LogP contribution in [0, 0.1) is 5.21 Å². The van der Waals surface area contributed by atoms with Crippen molar-refractivity contribution in [3.63, 3.8) is 0 Å². The number of nitrogens with one attached hydrogen (secondary N) is 1. The van der Waals surface area contributed by atoms with E-state index in [1.165, 1.54) is 0 Å². The molecular weight excluding hydrogens is 230 g/mol. The molecule has 0 spiro atoms. The van der Waals surface area contributed by atoms with E-state index in [0.717, 1.165) is 5.56 Å². The van der Waals surface area contributed by atoms with E-state index in [0.29, 0.717) is 10.8 Å². The molecule has 2 rings (SSSR count). The lowest BCUT2D eigenvalue weighted by molar-refractivity contribution is 0.227. The Kier molecular flexibility index (Phi) is 3.88. The Morgan fingerprint density at radius 3 is 2.50 bits per heavy atom. The molecule has 2 amide bonds. The molecule has 0 unspecified atom stereocenters. The van der Waals surface area contributed by atoms with Crippen molar-refractivity contribution in [2.24, 2.45) is 0 Å². The van der Waals surface area contributed by atoms with Crippen molar-refractivity contribution in [2.45, 2.75) is 6.54 Å². The lowest BCUT2D eigenvalue weighted by Crippen LogP contribution is -2.29. The van der Waals surface area contributed by atoms with Crippen LogP contribution in [0.4, 0.5) is 10.5 Å². The molecule has 0 fully saturated rings. The molecule has 1 N–H and O–H groups in total. The summed E-state index contributed by atoms with van der Waals surface area (Å²) < 4.78 is 0. The molecule has 0 aliphatic rings. The van der Waals surface area contributed by atoms with Gasteiger partial charge in [0.25, 0.3) is 0 Å². The number of carbonyl (C=O) groups is 1. The molecule has 92 valence electrons. The van der Waals surface area contributed by atoms with Gasteiger partial charge in [0.1, 0.15) is 0 Å². The number of benzene rings is 1. The monoisotopic (exact) mass is 242 g/mol. The highest BCUT2D eigenvalue weighted by Crippen LogP contribution is 2.08. The van der Waals surface area contributed by atoms with Crippen LogP contribution in [0.25, 0.3) is 0 Å². The zero-order valence-corrected chi connectivity index (χ0v) is 9.61. The molecule has 1 aromatic carbocycles. The summed E-state index contributed by atoms with van der Waals surface area (Å²) in [5, 5.41) is 14.5. The summed E-state index contributed by atoms with van der Waals surface area (Å²) in [5.41, 5.74) is 1.33. The molecule has 0 radical (unpaired) electrons. The van der Waals surface area contributed by atoms with E-state index in [9.17, 15) is 10.0 Å². The van der Waals surface area contributed by atoms with Crippen molar-refractivity contribution < 1.29 is 4.79 Å². The van der Waals surface area contributed by atoms with Gasteiger partial charge in [0.05, 0.1) is 0 Å². The second-order valence-corrected chi connectivity index (χ2v) is 3.69. The minimum absolute atomic E-state index is 0.00118. The van der Waals surface area contributed by atoms with Crippen LogP contribution in [-0.2, 0) is 6.54 Å². The number of rotatable bonds is 3. The van der Waals surface area contributed by atoms with Crippen LogP contribution in [0.1, 0.15) is 5.56 Å². The molecule has 0 aliphatic carbocycles. The number of hydroxylamine groups is 2. The third-order valence-corrected chi connectivity index (χ3v) is 2.33. The molecule has 5 heteroatoms. The van der Waals surface area contributed by atoms with E-state index in [-0.39, 0.29) is 6.54 Å². The zero-order chi connectivity index (χ0) is 12.8. The first-order chi connectivity index (χ1) is 8.75. The number of nitrogens with zero attached hydrogens (tertiary/aromatic N) is 2. The van der Waals surface area contributed by atoms with Gasteiger partial charge in [-0.05, 0) is 29.8 Å². The number of carbonyl (C=O) groups excluding carboxylic acids is 1. The number of hydrogen-bond donors (Lipinski definition) is 1. The fourth-order valence-electron chi connectivity index (χ4n) is 1.43. The Balaban J connectivity index is 1.93. The van der Waals surface area contributed by atoms with Crippen molar-refractivity contribution >= 4 is 11.7 Å². The highest BCUT2D eigenvalue weighted by Gasteiger charge is 2.04. The highest BCUT2D eigenvalue weighted by molar-refractivity contribution is 5.89. The standard InChI is InChI=1S/C13H12N3O2/c17-13(15-12-4-2-1-3-5-12)16(18)10-11-6-8-14-9-7-11/h1-9H,10H2,(H,15,17)/q-1. The minimum Gasteiger partial charge on any atom is -0.755 e. The summed E-state index contributed by atoms with van der Waals surface area (Å²) in [5.74, 6) is 0. The summed E-state index contributed by atoms with van der Waals surface area (Å²) in [6.07, 6.45) is 3.16. The van der Waals surface area contributed by atoms with Crippen LogP contribution >= 0.6 is 0 Å². The van der Waals surface area contributed by atoms with Crippen LogP contribution in [0.2, 0.25) is 0 Å². The van der Waals surface area contributed by atoms with Crippen molar-refractivity contribution in [3.8, 4) is 0 Å². The van der Waals surface area contributed by atoms with Gasteiger partial charge in [0.2, 0.25) is 0 Å². The van der Waals surface area contributed by atoms with E-state index in [4.69, 9.17) is 0 Å². The molecule has 0 saturated carbocycles. The molecule has 0 atom stereocenters. The zero-order valence-electron chi connectivity index (χ0n) is 9.61. The molecule has 0 bridgehead atoms. The molecule has 2 aromatic rings. The van der Waals surface area contributed by atoms with Gasteiger partial charge in [0.15, 0.2) is 0 Å². The van der Waals surface area contributed by atoms with Crippen molar-refractivity contribution in [1.29, 1.82) is 0 Å². The smallest absolute Gasteiger partial charge is 0.311 e. The van der Waals surface area contributed by atoms with Crippen LogP contribution in [0.15, 0.2) is 54.9 Å². The van der Waals surface area contributed by atoms with Gasteiger partial charge in [0, 0.05) is 24.6 Å². The maximum absolute atomic E-state index is 11.6. The number of aromatic nitrogens is 1. The first kappa shape index (κ1) is 12.1. The fourth-order valence-corrected chi connectivity index (χ4v) is 1.43. The molecule has 5 nitrogen and oxygen atoms in total. The Labute approximate surface area is 105 Å². The average Bonchev–Trinajstić information content (AvgIpc) is 2.41. The van der Waals surface area contributed by atoms with E-state index in [2.05, 4.69) is 10.3 Å². The second-order valence-electron chi connectivity index (χ2n) is 3.69. The SMILES string of the molecule is O=C(Nc1ccccc1)N([O-])Cc1ccncc1. The van der Waals surface area contributed by atoms with Gasteiger partial charge in [-0.3, -0.25) is 4.98 Å². The molecular formula is C13H12N3O2-. The Hall–Kier alpha value is -2.40. The van der Waals surface area contributed by atoms with E-state index in [1.807, 2.05) is 6.07 Å². The van der Waals surface area contributed by atoms with Crippen LogP contribution in [0.3, 0.4) is 0 Å². The van der Waals surface area contributed by atoms with Crippen LogP contribution < -0.4 is 5.32 Å². The third-order valence-electron chi connectivity index (χ3n) is 2.33. The number of pyridine rings is 1. The van der Waals surface area contributed by atoms with Crippen molar-refractivity contribution in [3.05, 3.63) is 65.6 Å². The first-order valence-electron chi connectivity index (χ1n) is 5.45. The predicted octanol–water partition coefficient (Wildman–Crippen LogP) is 2.61. The maximum atomic E-state index is 11.6. The number of amides is 2. The Morgan fingerprint density at radius 1 is 1.17 bits per heavy atom. The number of urea groups is 1. The molecule has 0 saturated heterocycles. The Bertz CT molecular complexity index is 502. The van der Waals surface area contributed by atoms with Crippen molar-refractivity contribution in [1.82, 2.24) is 10.0 Å². The summed E-state index contributed by atoms with van der Waals surface area (Å²) in [6, 6.07) is 11.6. The van der Waals surface area contributed by atoms with Gasteiger partial charge < -0.3 is 15.6 Å². The summed E-state index contributed by atoms with van der Waals surface area (Å²) in [6.45, 7) is 0.00118. The topological polar surface area (TPSA) is 68.3 Å². The molecule has 18 heavy (non-hydrogen) atoms. The average molecular weight is 242 g/mol. The maximum Gasteiger partial charge on any atom is 0.311 e. The predicted molar refractivity (Wildman–Crippen MR) is 68.6 cm³/mol. The molecule has 1 aromatic heterocycles. The molecule has 0 aliphatic heterocycles. The third kappa shape index (κ3) is 3.29. The minimum atomic E-state index is -0.682. The largest absolute Gasteiger partial charge is 0.755 e. The fraction of sp³-hybridized carbons (Fsp3) is 0.0769. The van der Waals surface area contributed by atoms with Gasteiger partial charge in [-0.1, -0.05) is 18.2 Å². The van der Waals surface area contributed by atoms with Crippen LogP contribution in [0.5, 0.6) is 0 Å². The lowest BCUT2D eigenvalue weighted by Gasteiger charge is -2.28. The van der Waals surface area contributed by atoms with Gasteiger partial charge in [-0.25, -0.2) is 4.79 Å². The van der Waals surface area contributed by atoms with Gasteiger partial charge in [-0.2, -0.15) is 0 Å². The quantitative estimate of drug-likeness (QED) is 0.841. The van der Waals surface area contributed by atoms with Crippen LogP contribution in [-0.4, -0.2) is 16.1 Å². The first-order valence-corrected chi connectivity index (χ1v) is 5.45. The van der Waals surface area contributed by atoms with E-state index >= 15 is 0 Å². The number of hydrogen-bond acceptors (Lipinski definition) is 3. The summed E-state index contributed by atoms with van der Waals surface area (Å²) in [7, 11) is 0. The van der Waals surface area contributed by atoms with Gasteiger partial charge in [-0.15, -0.1) is 0 Å². The second kappa shape index (κ2) is 5.79. The summed E-state index contributed by atoms with van der Waals surface area (Å²) >= 11 is 0. The van der Waals surface area contributed by atoms with Gasteiger partial charge >= 0.3 is 6.03 Å². The number of anilines is 1. The van der Waals surface area contributed by atoms with E-state index < -0.39 is 6.03 Å². The molecule has 1 heterocycles. The lowest BCUT2D eigenvalue weighted by atomic mass is 10.3. The van der Waals surface area contributed by atoms with Crippen molar-refractivity contribution in [2.75, 3.05) is 5.32 Å². The normalized spacial score (nSPS) is 9.83. The highest BCUT2D eigenvalue weighted by atomic mass is 16.5.